The molecule has 5 nitrogen and oxygen atoms in total. The Morgan fingerprint density at radius 2 is 2.21 bits per heavy atom. The highest BCUT2D eigenvalue weighted by atomic mass is 16.2. The van der Waals surface area contributed by atoms with Gasteiger partial charge in [-0.25, -0.2) is 0 Å². The van der Waals surface area contributed by atoms with Crippen LogP contribution >= 0.6 is 0 Å². The summed E-state index contributed by atoms with van der Waals surface area (Å²) in [5.74, 6) is -0.0556. The van der Waals surface area contributed by atoms with Crippen LogP contribution in [-0.4, -0.2) is 34.3 Å². The Labute approximate surface area is 113 Å². The number of nitrogens with zero attached hydrogens (tertiary/aromatic N) is 2. The number of pyridine rings is 1. The van der Waals surface area contributed by atoms with Gasteiger partial charge in [0.05, 0.1) is 0 Å². The molecule has 19 heavy (non-hydrogen) atoms. The van der Waals surface area contributed by atoms with Crippen LogP contribution in [0.2, 0.25) is 0 Å². The summed E-state index contributed by atoms with van der Waals surface area (Å²) in [6, 6.07) is 1.62. The maximum absolute atomic E-state index is 12.3. The summed E-state index contributed by atoms with van der Waals surface area (Å²) in [4.78, 5) is 29.7. The Morgan fingerprint density at radius 3 is 2.89 bits per heavy atom. The van der Waals surface area contributed by atoms with Gasteiger partial charge in [-0.05, 0) is 24.5 Å². The summed E-state index contributed by atoms with van der Waals surface area (Å²) < 4.78 is 0. The lowest BCUT2D eigenvalue weighted by Crippen LogP contribution is -2.43. The molecular weight excluding hydrogens is 242 g/mol. The minimum atomic E-state index is -0.396. The van der Waals surface area contributed by atoms with Gasteiger partial charge in [0.15, 0.2) is 0 Å². The molecule has 0 aromatic carbocycles. The zero-order valence-corrected chi connectivity index (χ0v) is 11.3. The number of aryl methyl sites for hydroxylation is 1. The highest BCUT2D eigenvalue weighted by Crippen LogP contribution is 2.11. The van der Waals surface area contributed by atoms with Crippen LogP contribution in [0.15, 0.2) is 18.5 Å². The molecule has 0 spiro atoms. The van der Waals surface area contributed by atoms with Gasteiger partial charge in [0, 0.05) is 31.9 Å². The molecule has 1 atom stereocenters. The highest BCUT2D eigenvalue weighted by Gasteiger charge is 2.28. The van der Waals surface area contributed by atoms with E-state index < -0.39 is 6.04 Å². The van der Waals surface area contributed by atoms with Gasteiger partial charge in [-0.15, -0.1) is 0 Å². The van der Waals surface area contributed by atoms with E-state index in [-0.39, 0.29) is 11.8 Å². The van der Waals surface area contributed by atoms with E-state index >= 15 is 0 Å². The average Bonchev–Trinajstić information content (AvgIpc) is 2.52. The third-order valence-electron chi connectivity index (χ3n) is 3.27. The number of aromatic nitrogens is 1. The van der Waals surface area contributed by atoms with Crippen LogP contribution < -0.4 is 5.32 Å². The van der Waals surface area contributed by atoms with Crippen molar-refractivity contribution in [1.82, 2.24) is 15.2 Å². The predicted molar refractivity (Wildman–Crippen MR) is 71.2 cm³/mol. The van der Waals surface area contributed by atoms with Crippen molar-refractivity contribution in [3.63, 3.8) is 0 Å². The summed E-state index contributed by atoms with van der Waals surface area (Å²) in [5, 5.41) is 2.76. The summed E-state index contributed by atoms with van der Waals surface area (Å²) >= 11 is 0. The van der Waals surface area contributed by atoms with Gasteiger partial charge in [-0.2, -0.15) is 0 Å². The Morgan fingerprint density at radius 1 is 1.42 bits per heavy atom. The molecule has 0 bridgehead atoms. The van der Waals surface area contributed by atoms with Crippen LogP contribution in [-0.2, 0) is 16.1 Å². The average molecular weight is 261 g/mol. The second-order valence-corrected chi connectivity index (χ2v) is 4.91. The van der Waals surface area contributed by atoms with Crippen LogP contribution in [0, 0.1) is 6.92 Å². The summed E-state index contributed by atoms with van der Waals surface area (Å²) in [5.41, 5.74) is 2.07. The molecule has 0 aliphatic carbocycles. The fourth-order valence-electron chi connectivity index (χ4n) is 2.25. The molecule has 1 aromatic heterocycles. The lowest BCUT2D eigenvalue weighted by atomic mass is 10.1. The molecule has 1 N–H and O–H groups in total. The van der Waals surface area contributed by atoms with Crippen LogP contribution in [0.5, 0.6) is 0 Å². The smallest absolute Gasteiger partial charge is 0.245 e. The van der Waals surface area contributed by atoms with Crippen LogP contribution in [0.4, 0.5) is 0 Å². The zero-order valence-electron chi connectivity index (χ0n) is 11.3. The number of rotatable bonds is 3. The molecule has 1 unspecified atom stereocenters. The number of hydrogen-bond acceptors (Lipinski definition) is 3. The van der Waals surface area contributed by atoms with Crippen molar-refractivity contribution in [2.24, 2.45) is 0 Å². The van der Waals surface area contributed by atoms with E-state index in [0.717, 1.165) is 11.1 Å². The number of nitrogens with one attached hydrogen (secondary N) is 1. The number of carbonyl (C=O) groups is 2. The first-order chi connectivity index (χ1) is 9.10. The minimum absolute atomic E-state index is 0.00476. The van der Waals surface area contributed by atoms with Gasteiger partial charge >= 0.3 is 0 Å². The van der Waals surface area contributed by atoms with Gasteiger partial charge in [0.25, 0.3) is 0 Å². The molecule has 1 saturated heterocycles. The summed E-state index contributed by atoms with van der Waals surface area (Å²) in [7, 11) is 0. The standard InChI is InChI=1S/C14H19N3O2/c1-3-12-14(19)17(5-4-13(18)16-12)9-11-6-10(2)7-15-8-11/h6-8,12H,3-5,9H2,1-2H3,(H,16,18). The van der Waals surface area contributed by atoms with E-state index in [1.165, 1.54) is 0 Å². The van der Waals surface area contributed by atoms with Crippen molar-refractivity contribution in [2.75, 3.05) is 6.54 Å². The van der Waals surface area contributed by atoms with Crippen molar-refractivity contribution in [1.29, 1.82) is 0 Å². The topological polar surface area (TPSA) is 62.3 Å². The Hall–Kier alpha value is -1.91. The maximum atomic E-state index is 12.3. The number of amides is 2. The second-order valence-electron chi connectivity index (χ2n) is 4.91. The SMILES string of the molecule is CCC1NC(=O)CCN(Cc2cncc(C)c2)C1=O. The van der Waals surface area contributed by atoms with E-state index in [0.29, 0.717) is 25.9 Å². The van der Waals surface area contributed by atoms with Crippen molar-refractivity contribution >= 4 is 11.8 Å². The van der Waals surface area contributed by atoms with Crippen molar-refractivity contribution < 1.29 is 9.59 Å². The van der Waals surface area contributed by atoms with Crippen molar-refractivity contribution in [2.45, 2.75) is 39.3 Å². The largest absolute Gasteiger partial charge is 0.344 e. The summed E-state index contributed by atoms with van der Waals surface area (Å²) in [6.07, 6.45) is 4.53. The highest BCUT2D eigenvalue weighted by molar-refractivity contribution is 5.89. The van der Waals surface area contributed by atoms with Gasteiger partial charge in [-0.3, -0.25) is 14.6 Å². The van der Waals surface area contributed by atoms with Gasteiger partial charge in [-0.1, -0.05) is 13.0 Å². The van der Waals surface area contributed by atoms with E-state index in [1.807, 2.05) is 19.9 Å². The quantitative estimate of drug-likeness (QED) is 0.883. The number of hydrogen-bond donors (Lipinski definition) is 1. The molecule has 2 heterocycles. The summed E-state index contributed by atoms with van der Waals surface area (Å²) in [6.45, 7) is 4.86. The van der Waals surface area contributed by atoms with Crippen molar-refractivity contribution in [3.05, 3.63) is 29.6 Å². The molecule has 0 radical (unpaired) electrons. The maximum Gasteiger partial charge on any atom is 0.245 e. The third-order valence-corrected chi connectivity index (χ3v) is 3.27. The van der Waals surface area contributed by atoms with E-state index in [9.17, 15) is 9.59 Å². The van der Waals surface area contributed by atoms with Gasteiger partial charge < -0.3 is 10.2 Å². The van der Waals surface area contributed by atoms with Gasteiger partial charge in [0.1, 0.15) is 6.04 Å². The molecular formula is C14H19N3O2. The molecule has 102 valence electrons. The zero-order chi connectivity index (χ0) is 13.8. The Balaban J connectivity index is 2.13. The third kappa shape index (κ3) is 3.30. The van der Waals surface area contributed by atoms with Crippen LogP contribution in [0.1, 0.15) is 30.9 Å². The van der Waals surface area contributed by atoms with E-state index in [4.69, 9.17) is 0 Å². The molecule has 0 saturated carbocycles. The molecule has 5 heteroatoms. The molecule has 2 rings (SSSR count). The van der Waals surface area contributed by atoms with Crippen LogP contribution in [0.25, 0.3) is 0 Å². The minimum Gasteiger partial charge on any atom is -0.344 e. The Kier molecular flexibility index (Phi) is 4.14. The normalized spacial score (nSPS) is 20.1. The first-order valence-electron chi connectivity index (χ1n) is 6.59. The molecule has 2 amide bonds. The molecule has 1 aromatic rings. The lowest BCUT2D eigenvalue weighted by Gasteiger charge is -2.23. The monoisotopic (exact) mass is 261 g/mol. The first kappa shape index (κ1) is 13.5. The molecule has 1 aliphatic rings. The number of carbonyl (C=O) groups excluding carboxylic acids is 2. The first-order valence-corrected chi connectivity index (χ1v) is 6.59. The van der Waals surface area contributed by atoms with Crippen LogP contribution in [0.3, 0.4) is 0 Å². The predicted octanol–water partition coefficient (Wildman–Crippen LogP) is 1.02. The van der Waals surface area contributed by atoms with Crippen molar-refractivity contribution in [3.8, 4) is 0 Å². The van der Waals surface area contributed by atoms with E-state index in [1.54, 1.807) is 17.3 Å². The molecule has 1 aliphatic heterocycles. The fraction of sp³-hybridized carbons (Fsp3) is 0.500. The van der Waals surface area contributed by atoms with Gasteiger partial charge in [0.2, 0.25) is 11.8 Å². The lowest BCUT2D eigenvalue weighted by molar-refractivity contribution is -0.134. The Bertz CT molecular complexity index is 487. The molecule has 1 fully saturated rings. The van der Waals surface area contributed by atoms with E-state index in [2.05, 4.69) is 10.3 Å². The fourth-order valence-corrected chi connectivity index (χ4v) is 2.25. The second kappa shape index (κ2) is 5.82.